The molecule has 0 unspecified atom stereocenters. The third kappa shape index (κ3) is 0.971. The number of hydrogen-bond acceptors (Lipinski definition) is 2. The summed E-state index contributed by atoms with van der Waals surface area (Å²) in [6.45, 7) is 2.06. The maximum atomic E-state index is 4.10. The molecule has 0 atom stereocenters. The Morgan fingerprint density at radius 2 is 2.38 bits per heavy atom. The Balaban J connectivity index is 2.34. The standard InChI is InChI=1S/C10H11N3/c1-3-12-6-10-7(1)8-5-11-4-2-9(8)13-10/h1,3,6,11,13H,2,4-5H2. The first kappa shape index (κ1) is 7.09. The van der Waals surface area contributed by atoms with Crippen molar-refractivity contribution >= 4 is 10.9 Å². The van der Waals surface area contributed by atoms with Gasteiger partial charge in [-0.2, -0.15) is 0 Å². The largest absolute Gasteiger partial charge is 0.357 e. The van der Waals surface area contributed by atoms with Gasteiger partial charge in [0.25, 0.3) is 0 Å². The van der Waals surface area contributed by atoms with Crippen LogP contribution in [0, 0.1) is 0 Å². The molecule has 3 heteroatoms. The molecule has 0 aliphatic carbocycles. The van der Waals surface area contributed by atoms with Crippen LogP contribution < -0.4 is 5.32 Å². The van der Waals surface area contributed by atoms with Crippen molar-refractivity contribution in [1.29, 1.82) is 0 Å². The molecule has 66 valence electrons. The number of fused-ring (bicyclic) bond motifs is 3. The molecule has 0 aromatic carbocycles. The zero-order valence-electron chi connectivity index (χ0n) is 7.30. The van der Waals surface area contributed by atoms with Crippen LogP contribution in [0.25, 0.3) is 10.9 Å². The molecule has 1 aliphatic rings. The first-order valence-electron chi connectivity index (χ1n) is 4.59. The van der Waals surface area contributed by atoms with Gasteiger partial charge in [-0.3, -0.25) is 4.98 Å². The molecule has 0 amide bonds. The summed E-state index contributed by atoms with van der Waals surface area (Å²) in [4.78, 5) is 7.52. The Hall–Kier alpha value is -1.35. The minimum Gasteiger partial charge on any atom is -0.357 e. The summed E-state index contributed by atoms with van der Waals surface area (Å²) in [7, 11) is 0. The van der Waals surface area contributed by atoms with Crippen molar-refractivity contribution in [3.05, 3.63) is 29.7 Å². The van der Waals surface area contributed by atoms with Gasteiger partial charge in [0.05, 0.1) is 11.7 Å². The van der Waals surface area contributed by atoms with Gasteiger partial charge in [-0.1, -0.05) is 0 Å². The van der Waals surface area contributed by atoms with Crippen LogP contribution in [-0.4, -0.2) is 16.5 Å². The predicted octanol–water partition coefficient (Wildman–Crippen LogP) is 1.21. The zero-order valence-corrected chi connectivity index (χ0v) is 7.30. The Bertz CT molecular complexity index is 444. The van der Waals surface area contributed by atoms with Crippen molar-refractivity contribution in [3.8, 4) is 0 Å². The van der Waals surface area contributed by atoms with E-state index in [0.29, 0.717) is 0 Å². The van der Waals surface area contributed by atoms with Crippen LogP contribution in [0.3, 0.4) is 0 Å². The predicted molar refractivity (Wildman–Crippen MR) is 51.5 cm³/mol. The summed E-state index contributed by atoms with van der Waals surface area (Å²) in [5.74, 6) is 0. The number of hydrogen-bond donors (Lipinski definition) is 2. The minimum absolute atomic E-state index is 0.985. The fourth-order valence-corrected chi connectivity index (χ4v) is 2.00. The van der Waals surface area contributed by atoms with Crippen molar-refractivity contribution in [2.75, 3.05) is 6.54 Å². The van der Waals surface area contributed by atoms with Crippen molar-refractivity contribution in [1.82, 2.24) is 15.3 Å². The van der Waals surface area contributed by atoms with Crippen LogP contribution in [0.5, 0.6) is 0 Å². The van der Waals surface area contributed by atoms with Crippen LogP contribution in [-0.2, 0) is 13.0 Å². The summed E-state index contributed by atoms with van der Waals surface area (Å²) in [5, 5.41) is 4.70. The molecule has 0 radical (unpaired) electrons. The van der Waals surface area contributed by atoms with E-state index in [1.165, 1.54) is 16.6 Å². The molecule has 0 saturated heterocycles. The highest BCUT2D eigenvalue weighted by Gasteiger charge is 2.13. The fraction of sp³-hybridized carbons (Fsp3) is 0.300. The first-order valence-corrected chi connectivity index (χ1v) is 4.59. The zero-order chi connectivity index (χ0) is 8.67. The number of aromatic nitrogens is 2. The van der Waals surface area contributed by atoms with E-state index in [9.17, 15) is 0 Å². The smallest absolute Gasteiger partial charge is 0.0645 e. The summed E-state index contributed by atoms with van der Waals surface area (Å²) >= 11 is 0. The second kappa shape index (κ2) is 2.57. The molecule has 3 rings (SSSR count). The van der Waals surface area contributed by atoms with Gasteiger partial charge in [-0.15, -0.1) is 0 Å². The molecular formula is C10H11N3. The summed E-state index contributed by atoms with van der Waals surface area (Å²) in [6.07, 6.45) is 4.85. The molecule has 13 heavy (non-hydrogen) atoms. The molecule has 0 fully saturated rings. The van der Waals surface area contributed by atoms with Gasteiger partial charge in [0.2, 0.25) is 0 Å². The van der Waals surface area contributed by atoms with Crippen molar-refractivity contribution in [3.63, 3.8) is 0 Å². The lowest BCUT2D eigenvalue weighted by Gasteiger charge is -2.12. The number of pyridine rings is 1. The summed E-state index contributed by atoms with van der Waals surface area (Å²) in [6, 6.07) is 2.08. The Morgan fingerprint density at radius 3 is 3.38 bits per heavy atom. The molecular weight excluding hydrogens is 162 g/mol. The maximum absolute atomic E-state index is 4.10. The highest BCUT2D eigenvalue weighted by atomic mass is 14.9. The van der Waals surface area contributed by atoms with Gasteiger partial charge >= 0.3 is 0 Å². The van der Waals surface area contributed by atoms with E-state index in [-0.39, 0.29) is 0 Å². The van der Waals surface area contributed by atoms with Gasteiger partial charge in [-0.05, 0) is 11.6 Å². The SMILES string of the molecule is c1cc2c3c([nH]c2cn1)CCNC3. The molecule has 0 saturated carbocycles. The number of nitrogens with one attached hydrogen (secondary N) is 2. The van der Waals surface area contributed by atoms with Crippen LogP contribution in [0.4, 0.5) is 0 Å². The van der Waals surface area contributed by atoms with Crippen molar-refractivity contribution in [2.45, 2.75) is 13.0 Å². The van der Waals surface area contributed by atoms with Gasteiger partial charge in [-0.25, -0.2) is 0 Å². The molecule has 2 aromatic heterocycles. The lowest BCUT2D eigenvalue weighted by molar-refractivity contribution is 0.641. The van der Waals surface area contributed by atoms with Gasteiger partial charge < -0.3 is 10.3 Å². The number of H-pyrrole nitrogens is 1. The highest BCUT2D eigenvalue weighted by Crippen LogP contribution is 2.23. The van der Waals surface area contributed by atoms with Crippen molar-refractivity contribution in [2.24, 2.45) is 0 Å². The average Bonchev–Trinajstić information content (AvgIpc) is 2.56. The fourth-order valence-electron chi connectivity index (χ4n) is 2.00. The van der Waals surface area contributed by atoms with Crippen LogP contribution in [0.1, 0.15) is 11.3 Å². The Labute approximate surface area is 76.2 Å². The van der Waals surface area contributed by atoms with Gasteiger partial charge in [0, 0.05) is 36.8 Å². The lowest BCUT2D eigenvalue weighted by atomic mass is 10.1. The number of aromatic amines is 1. The molecule has 0 spiro atoms. The quantitative estimate of drug-likeness (QED) is 0.628. The Kier molecular flexibility index (Phi) is 1.40. The van der Waals surface area contributed by atoms with E-state index in [2.05, 4.69) is 21.4 Å². The van der Waals surface area contributed by atoms with E-state index in [4.69, 9.17) is 0 Å². The van der Waals surface area contributed by atoms with Crippen LogP contribution in [0.15, 0.2) is 18.5 Å². The van der Waals surface area contributed by atoms with Gasteiger partial charge in [0.15, 0.2) is 0 Å². The second-order valence-electron chi connectivity index (χ2n) is 3.43. The third-order valence-corrected chi connectivity index (χ3v) is 2.65. The second-order valence-corrected chi connectivity index (χ2v) is 3.43. The molecule has 0 bridgehead atoms. The summed E-state index contributed by atoms with van der Waals surface area (Å²) in [5.41, 5.74) is 3.96. The monoisotopic (exact) mass is 173 g/mol. The van der Waals surface area contributed by atoms with Gasteiger partial charge in [0.1, 0.15) is 0 Å². The van der Waals surface area contributed by atoms with Crippen molar-refractivity contribution < 1.29 is 0 Å². The third-order valence-electron chi connectivity index (χ3n) is 2.65. The highest BCUT2D eigenvalue weighted by molar-refractivity contribution is 5.83. The number of nitrogens with zero attached hydrogens (tertiary/aromatic N) is 1. The maximum Gasteiger partial charge on any atom is 0.0645 e. The molecule has 2 N–H and O–H groups in total. The molecule has 1 aliphatic heterocycles. The van der Waals surface area contributed by atoms with E-state index in [1.807, 2.05) is 12.4 Å². The van der Waals surface area contributed by atoms with E-state index < -0.39 is 0 Å². The molecule has 2 aromatic rings. The molecule has 3 heterocycles. The number of rotatable bonds is 0. The van der Waals surface area contributed by atoms with Crippen LogP contribution in [0.2, 0.25) is 0 Å². The minimum atomic E-state index is 0.985. The molecule has 3 nitrogen and oxygen atoms in total. The average molecular weight is 173 g/mol. The van der Waals surface area contributed by atoms with E-state index >= 15 is 0 Å². The van der Waals surface area contributed by atoms with E-state index in [0.717, 1.165) is 25.0 Å². The first-order chi connectivity index (χ1) is 6.45. The Morgan fingerprint density at radius 1 is 1.38 bits per heavy atom. The topological polar surface area (TPSA) is 40.7 Å². The van der Waals surface area contributed by atoms with E-state index in [1.54, 1.807) is 0 Å². The van der Waals surface area contributed by atoms with Crippen LogP contribution >= 0.6 is 0 Å². The lowest BCUT2D eigenvalue weighted by Crippen LogP contribution is -2.22. The summed E-state index contributed by atoms with van der Waals surface area (Å²) < 4.78 is 0. The normalized spacial score (nSPS) is 16.0.